The van der Waals surface area contributed by atoms with E-state index in [1.54, 1.807) is 25.7 Å². The lowest BCUT2D eigenvalue weighted by molar-refractivity contribution is -0.156. The molecule has 1 N–H and O–H groups in total. The molecule has 2 aliphatic rings. The van der Waals surface area contributed by atoms with Crippen molar-refractivity contribution < 1.29 is 38.5 Å². The second-order valence-corrected chi connectivity index (χ2v) is 13.1. The molecule has 1 amide bonds. The summed E-state index contributed by atoms with van der Waals surface area (Å²) in [5.41, 5.74) is 2.01. The Balaban J connectivity index is 1.50. The van der Waals surface area contributed by atoms with Crippen LogP contribution in [-0.2, 0) is 41.7 Å². The van der Waals surface area contributed by atoms with Gasteiger partial charge in [-0.15, -0.1) is 0 Å². The first-order valence-corrected chi connectivity index (χ1v) is 14.3. The van der Waals surface area contributed by atoms with Crippen LogP contribution in [0, 0.1) is 28.6 Å². The highest BCUT2D eigenvalue weighted by Gasteiger charge is 2.39. The zero-order valence-corrected chi connectivity index (χ0v) is 25.8. The van der Waals surface area contributed by atoms with Gasteiger partial charge < -0.3 is 19.3 Å². The summed E-state index contributed by atoms with van der Waals surface area (Å²) < 4.78 is 16.0. The minimum atomic E-state index is -1.00. The number of carbonyl (C=O) groups is 4. The number of rotatable bonds is 9. The highest BCUT2D eigenvalue weighted by molar-refractivity contribution is 5.79. The average Bonchev–Trinajstić information content (AvgIpc) is 3.51. The summed E-state index contributed by atoms with van der Waals surface area (Å²) in [6.45, 7) is 10.8. The Bertz CT molecular complexity index is 1240. The largest absolute Gasteiger partial charge is 0.481 e. The number of hydrogen-bond donors (Lipinski definition) is 1. The third kappa shape index (κ3) is 8.71. The van der Waals surface area contributed by atoms with E-state index in [9.17, 15) is 24.3 Å². The summed E-state index contributed by atoms with van der Waals surface area (Å²) in [6, 6.07) is 5.43. The van der Waals surface area contributed by atoms with Gasteiger partial charge in [0, 0.05) is 31.5 Å². The summed E-state index contributed by atoms with van der Waals surface area (Å²) in [5, 5.41) is 9.46. The Hall–Kier alpha value is -3.58. The van der Waals surface area contributed by atoms with Crippen molar-refractivity contribution >= 4 is 24.0 Å². The topological polar surface area (TPSA) is 123 Å². The number of ether oxygens (including phenoxy) is 3. The van der Waals surface area contributed by atoms with Crippen LogP contribution in [0.3, 0.4) is 0 Å². The fourth-order valence-electron chi connectivity index (χ4n) is 5.23. The first kappa shape index (κ1) is 32.9. The van der Waals surface area contributed by atoms with Gasteiger partial charge in [0.1, 0.15) is 12.1 Å². The molecule has 1 aromatic rings. The molecule has 0 radical (unpaired) electrons. The van der Waals surface area contributed by atoms with Gasteiger partial charge in [0.2, 0.25) is 0 Å². The minimum Gasteiger partial charge on any atom is -0.481 e. The van der Waals surface area contributed by atoms with E-state index in [4.69, 9.17) is 14.2 Å². The Morgan fingerprint density at radius 2 is 1.83 bits per heavy atom. The molecule has 0 unspecified atom stereocenters. The number of aliphatic carboxylic acids is 1. The fraction of sp³-hybridized carbons (Fsp3) is 0.625. The van der Waals surface area contributed by atoms with E-state index in [1.165, 1.54) is 7.11 Å². The average molecular weight is 585 g/mol. The Morgan fingerprint density at radius 3 is 2.48 bits per heavy atom. The molecule has 1 saturated heterocycles. The molecule has 230 valence electrons. The highest BCUT2D eigenvalue weighted by atomic mass is 16.6. The summed E-state index contributed by atoms with van der Waals surface area (Å²) in [5.74, 6) is 3.80. The van der Waals surface area contributed by atoms with Crippen LogP contribution in [0.2, 0.25) is 0 Å². The number of nitrogens with zero attached hydrogens (tertiary/aromatic N) is 2. The molecule has 2 aliphatic heterocycles. The van der Waals surface area contributed by atoms with Gasteiger partial charge in [0.15, 0.2) is 0 Å². The van der Waals surface area contributed by atoms with Gasteiger partial charge in [-0.1, -0.05) is 58.6 Å². The van der Waals surface area contributed by atoms with Crippen LogP contribution in [0.25, 0.3) is 0 Å². The minimum absolute atomic E-state index is 0.163. The van der Waals surface area contributed by atoms with Crippen molar-refractivity contribution in [1.82, 2.24) is 9.80 Å². The molecule has 1 aromatic carbocycles. The highest BCUT2D eigenvalue weighted by Crippen LogP contribution is 2.31. The molecule has 42 heavy (non-hydrogen) atoms. The van der Waals surface area contributed by atoms with Crippen molar-refractivity contribution in [2.45, 2.75) is 85.5 Å². The number of methoxy groups -OCH3 is 1. The van der Waals surface area contributed by atoms with Gasteiger partial charge in [-0.25, -0.2) is 4.79 Å². The molecule has 0 aromatic heterocycles. The van der Waals surface area contributed by atoms with Gasteiger partial charge in [-0.3, -0.25) is 24.2 Å². The molecule has 2 heterocycles. The molecule has 3 rings (SSSR count). The van der Waals surface area contributed by atoms with Crippen LogP contribution in [0.15, 0.2) is 18.2 Å². The SMILES string of the molecule is COC(=O)[C@@H]1C[C@@H](OC(=O)N2Cc3cccc(C#CCCC(C)(C)COC(=O)C[C@H](C(=O)O)C(C)(C)C)c3C2)CN1C. The predicted octanol–water partition coefficient (Wildman–Crippen LogP) is 4.22. The zero-order valence-electron chi connectivity index (χ0n) is 25.8. The van der Waals surface area contributed by atoms with E-state index in [-0.39, 0.29) is 30.5 Å². The summed E-state index contributed by atoms with van der Waals surface area (Å²) >= 11 is 0. The molecular formula is C32H44N2O8. The van der Waals surface area contributed by atoms with Gasteiger partial charge in [0.25, 0.3) is 0 Å². The number of carboxylic acids is 1. The van der Waals surface area contributed by atoms with Crippen LogP contribution in [-0.4, -0.2) is 78.4 Å². The normalized spacial score (nSPS) is 19.4. The van der Waals surface area contributed by atoms with Crippen LogP contribution in [0.4, 0.5) is 4.79 Å². The maximum absolute atomic E-state index is 12.9. The smallest absolute Gasteiger partial charge is 0.410 e. The lowest BCUT2D eigenvalue weighted by atomic mass is 9.79. The van der Waals surface area contributed by atoms with Crippen molar-refractivity contribution in [1.29, 1.82) is 0 Å². The van der Waals surface area contributed by atoms with Crippen molar-refractivity contribution in [2.24, 2.45) is 16.7 Å². The lowest BCUT2D eigenvalue weighted by Crippen LogP contribution is -2.33. The van der Waals surface area contributed by atoms with Crippen molar-refractivity contribution in [3.8, 4) is 11.8 Å². The number of likely N-dealkylation sites (tertiary alicyclic amines) is 1. The van der Waals surface area contributed by atoms with Crippen LogP contribution in [0.1, 0.15) is 77.0 Å². The van der Waals surface area contributed by atoms with E-state index in [2.05, 4.69) is 11.8 Å². The summed E-state index contributed by atoms with van der Waals surface area (Å²) in [7, 11) is 3.16. The molecule has 0 spiro atoms. The van der Waals surface area contributed by atoms with E-state index in [0.29, 0.717) is 38.9 Å². The molecule has 3 atom stereocenters. The number of amides is 1. The van der Waals surface area contributed by atoms with Gasteiger partial charge in [-0.2, -0.15) is 0 Å². The summed E-state index contributed by atoms with van der Waals surface area (Å²) in [4.78, 5) is 52.2. The van der Waals surface area contributed by atoms with Gasteiger partial charge >= 0.3 is 24.0 Å². The first-order chi connectivity index (χ1) is 19.6. The summed E-state index contributed by atoms with van der Waals surface area (Å²) in [6.07, 6.45) is 0.712. The molecule has 10 heteroatoms. The van der Waals surface area contributed by atoms with Gasteiger partial charge in [0.05, 0.1) is 32.6 Å². The van der Waals surface area contributed by atoms with E-state index >= 15 is 0 Å². The third-order valence-corrected chi connectivity index (χ3v) is 7.98. The standard InChI is InChI=1S/C32H44N2O8/c1-31(2,3)25(28(36)37)16-27(35)41-20-32(4,5)14-9-8-11-21-12-10-13-22-17-34(19-24(21)22)30(39)42-23-15-26(29(38)40-7)33(6)18-23/h10,12-13,23,25-26H,9,14-20H2,1-7H3,(H,36,37)/t23-,25-,26+/m1/s1. The molecule has 0 bridgehead atoms. The van der Waals surface area contributed by atoms with Crippen molar-refractivity contribution in [3.63, 3.8) is 0 Å². The monoisotopic (exact) mass is 584 g/mol. The van der Waals surface area contributed by atoms with Crippen LogP contribution < -0.4 is 0 Å². The van der Waals surface area contributed by atoms with E-state index in [0.717, 1.165) is 16.7 Å². The van der Waals surface area contributed by atoms with Crippen LogP contribution in [0.5, 0.6) is 0 Å². The Labute approximate surface area is 248 Å². The lowest BCUT2D eigenvalue weighted by Gasteiger charge is -2.27. The van der Waals surface area contributed by atoms with Crippen molar-refractivity contribution in [2.75, 3.05) is 27.3 Å². The fourth-order valence-corrected chi connectivity index (χ4v) is 5.23. The molecule has 0 aliphatic carbocycles. The third-order valence-electron chi connectivity index (χ3n) is 7.98. The maximum Gasteiger partial charge on any atom is 0.410 e. The molecular weight excluding hydrogens is 540 g/mol. The predicted molar refractivity (Wildman–Crippen MR) is 155 cm³/mol. The number of benzene rings is 1. The Morgan fingerprint density at radius 1 is 1.12 bits per heavy atom. The molecule has 10 nitrogen and oxygen atoms in total. The first-order valence-electron chi connectivity index (χ1n) is 14.3. The van der Waals surface area contributed by atoms with Gasteiger partial charge in [-0.05, 0) is 41.5 Å². The zero-order chi connectivity index (χ0) is 31.2. The molecule has 1 fully saturated rings. The number of carbonyl (C=O) groups excluding carboxylic acids is 3. The van der Waals surface area contributed by atoms with Crippen LogP contribution >= 0.6 is 0 Å². The maximum atomic E-state index is 12.9. The van der Waals surface area contributed by atoms with E-state index in [1.807, 2.05) is 44.0 Å². The number of carboxylic acid groups (broad SMARTS) is 1. The number of likely N-dealkylation sites (N-methyl/N-ethyl adjacent to an activating group) is 1. The van der Waals surface area contributed by atoms with E-state index < -0.39 is 35.4 Å². The number of esters is 2. The second-order valence-electron chi connectivity index (χ2n) is 13.1. The Kier molecular flexibility index (Phi) is 10.7. The quantitative estimate of drug-likeness (QED) is 0.258. The van der Waals surface area contributed by atoms with Crippen molar-refractivity contribution in [3.05, 3.63) is 34.9 Å². The number of hydrogen-bond acceptors (Lipinski definition) is 8. The second kappa shape index (κ2) is 13.6. The number of fused-ring (bicyclic) bond motifs is 1. The molecule has 0 saturated carbocycles.